The van der Waals surface area contributed by atoms with Crippen LogP contribution in [0.2, 0.25) is 0 Å². The van der Waals surface area contributed by atoms with Crippen molar-refractivity contribution in [3.05, 3.63) is 23.3 Å². The van der Waals surface area contributed by atoms with Crippen LogP contribution in [0, 0.1) is 10.8 Å². The van der Waals surface area contributed by atoms with E-state index in [1.165, 1.54) is 11.1 Å². The Morgan fingerprint density at radius 3 is 1.88 bits per heavy atom. The van der Waals surface area contributed by atoms with Gasteiger partial charge in [-0.15, -0.1) is 0 Å². The molecule has 1 rings (SSSR count). The van der Waals surface area contributed by atoms with Gasteiger partial charge in [0, 0.05) is 0 Å². The number of carbonyl (C=O) groups is 2. The fourth-order valence-corrected chi connectivity index (χ4v) is 3.24. The standard InChI is InChI=1S/C22H36O4/c1-21(2,19(23)24)14-7-5-10-17-12-9-13-18(16-17)11-6-8-15-22(3,4)20(25)26/h12,16H,5-11,13-15H2,1-4H3,(H,23,24)(H,25,26). The first-order valence-electron chi connectivity index (χ1n) is 9.90. The van der Waals surface area contributed by atoms with Gasteiger partial charge < -0.3 is 10.2 Å². The second-order valence-electron chi connectivity index (χ2n) is 8.91. The maximum atomic E-state index is 11.1. The third-order valence-corrected chi connectivity index (χ3v) is 5.49. The van der Waals surface area contributed by atoms with Crippen molar-refractivity contribution >= 4 is 11.9 Å². The van der Waals surface area contributed by atoms with Crippen molar-refractivity contribution in [3.8, 4) is 0 Å². The van der Waals surface area contributed by atoms with Crippen LogP contribution in [0.3, 0.4) is 0 Å². The molecule has 4 heteroatoms. The van der Waals surface area contributed by atoms with Gasteiger partial charge in [-0.05, 0) is 79.1 Å². The van der Waals surface area contributed by atoms with Gasteiger partial charge in [0.1, 0.15) is 0 Å². The lowest BCUT2D eigenvalue weighted by Crippen LogP contribution is -2.23. The van der Waals surface area contributed by atoms with Crippen molar-refractivity contribution in [2.24, 2.45) is 10.8 Å². The molecule has 0 amide bonds. The number of unbranched alkanes of at least 4 members (excludes halogenated alkanes) is 2. The summed E-state index contributed by atoms with van der Waals surface area (Å²) in [6.45, 7) is 7.17. The van der Waals surface area contributed by atoms with Crippen LogP contribution in [0.4, 0.5) is 0 Å². The Labute approximate surface area is 158 Å². The predicted molar refractivity (Wildman–Crippen MR) is 105 cm³/mol. The highest BCUT2D eigenvalue weighted by Gasteiger charge is 2.26. The van der Waals surface area contributed by atoms with Crippen molar-refractivity contribution in [1.82, 2.24) is 0 Å². The highest BCUT2D eigenvalue weighted by atomic mass is 16.4. The average molecular weight is 365 g/mol. The number of hydrogen-bond acceptors (Lipinski definition) is 2. The van der Waals surface area contributed by atoms with Gasteiger partial charge in [0.25, 0.3) is 0 Å². The number of carboxylic acid groups (broad SMARTS) is 2. The number of aliphatic carboxylic acids is 2. The molecule has 148 valence electrons. The molecule has 0 heterocycles. The molecular weight excluding hydrogens is 328 g/mol. The lowest BCUT2D eigenvalue weighted by Gasteiger charge is -2.20. The van der Waals surface area contributed by atoms with Gasteiger partial charge in [-0.3, -0.25) is 9.59 Å². The smallest absolute Gasteiger partial charge is 0.309 e. The van der Waals surface area contributed by atoms with Gasteiger partial charge in [-0.1, -0.05) is 36.1 Å². The largest absolute Gasteiger partial charge is 0.481 e. The summed E-state index contributed by atoms with van der Waals surface area (Å²) in [5, 5.41) is 18.3. The molecule has 0 saturated heterocycles. The van der Waals surface area contributed by atoms with E-state index in [9.17, 15) is 9.59 Å². The molecule has 0 unspecified atom stereocenters. The van der Waals surface area contributed by atoms with Gasteiger partial charge in [0.05, 0.1) is 10.8 Å². The van der Waals surface area contributed by atoms with E-state index in [0.29, 0.717) is 6.42 Å². The van der Waals surface area contributed by atoms with Gasteiger partial charge in [-0.2, -0.15) is 0 Å². The molecule has 0 spiro atoms. The molecular formula is C22H36O4. The Balaban J connectivity index is 2.31. The van der Waals surface area contributed by atoms with Crippen molar-refractivity contribution in [3.63, 3.8) is 0 Å². The van der Waals surface area contributed by atoms with Crippen LogP contribution in [0.15, 0.2) is 23.3 Å². The highest BCUT2D eigenvalue weighted by Crippen LogP contribution is 2.29. The minimum Gasteiger partial charge on any atom is -0.481 e. The van der Waals surface area contributed by atoms with Gasteiger partial charge >= 0.3 is 11.9 Å². The number of hydrogen-bond donors (Lipinski definition) is 2. The van der Waals surface area contributed by atoms with E-state index in [1.54, 1.807) is 27.7 Å². The summed E-state index contributed by atoms with van der Waals surface area (Å²) < 4.78 is 0. The van der Waals surface area contributed by atoms with Crippen molar-refractivity contribution in [2.45, 2.75) is 91.9 Å². The molecule has 0 aromatic carbocycles. The first-order valence-corrected chi connectivity index (χ1v) is 9.90. The fraction of sp³-hybridized carbons (Fsp3) is 0.727. The molecule has 0 aromatic rings. The van der Waals surface area contributed by atoms with Crippen molar-refractivity contribution < 1.29 is 19.8 Å². The molecule has 4 nitrogen and oxygen atoms in total. The van der Waals surface area contributed by atoms with E-state index in [1.807, 2.05) is 0 Å². The molecule has 1 aliphatic rings. The first kappa shape index (κ1) is 22.5. The first-order chi connectivity index (χ1) is 12.0. The maximum Gasteiger partial charge on any atom is 0.309 e. The minimum atomic E-state index is -0.720. The molecule has 0 saturated carbocycles. The van der Waals surface area contributed by atoms with Gasteiger partial charge in [-0.25, -0.2) is 0 Å². The Morgan fingerprint density at radius 2 is 1.38 bits per heavy atom. The summed E-state index contributed by atoms with van der Waals surface area (Å²) in [5.41, 5.74) is 1.59. The van der Waals surface area contributed by atoms with E-state index < -0.39 is 22.8 Å². The van der Waals surface area contributed by atoms with Crippen LogP contribution < -0.4 is 0 Å². The summed E-state index contributed by atoms with van der Waals surface area (Å²) in [5.74, 6) is -1.44. The maximum absolute atomic E-state index is 11.1. The molecule has 0 fully saturated rings. The summed E-state index contributed by atoms with van der Waals surface area (Å²) in [7, 11) is 0. The third kappa shape index (κ3) is 7.76. The lowest BCUT2D eigenvalue weighted by molar-refractivity contribution is -0.148. The van der Waals surface area contributed by atoms with Crippen LogP contribution >= 0.6 is 0 Å². The van der Waals surface area contributed by atoms with E-state index in [0.717, 1.165) is 57.8 Å². The quantitative estimate of drug-likeness (QED) is 0.418. The van der Waals surface area contributed by atoms with Crippen LogP contribution in [0.1, 0.15) is 91.9 Å². The number of rotatable bonds is 12. The fourth-order valence-electron chi connectivity index (χ4n) is 3.24. The molecule has 1 aliphatic carbocycles. The average Bonchev–Trinajstić information content (AvgIpc) is 2.56. The molecule has 0 atom stereocenters. The van der Waals surface area contributed by atoms with E-state index in [-0.39, 0.29) is 0 Å². The zero-order chi connectivity index (χ0) is 19.8. The molecule has 0 aromatic heterocycles. The van der Waals surface area contributed by atoms with Gasteiger partial charge in [0.2, 0.25) is 0 Å². The Bertz CT molecular complexity index is 552. The Morgan fingerprint density at radius 1 is 0.885 bits per heavy atom. The third-order valence-electron chi connectivity index (χ3n) is 5.49. The van der Waals surface area contributed by atoms with Crippen molar-refractivity contribution in [1.29, 1.82) is 0 Å². The molecule has 2 N–H and O–H groups in total. The van der Waals surface area contributed by atoms with Crippen LogP contribution in [0.25, 0.3) is 0 Å². The topological polar surface area (TPSA) is 74.6 Å². The molecule has 26 heavy (non-hydrogen) atoms. The highest BCUT2D eigenvalue weighted by molar-refractivity contribution is 5.73. The van der Waals surface area contributed by atoms with Crippen LogP contribution in [-0.4, -0.2) is 22.2 Å². The summed E-state index contributed by atoms with van der Waals surface area (Å²) >= 11 is 0. The normalized spacial score (nSPS) is 15.4. The summed E-state index contributed by atoms with van der Waals surface area (Å²) in [6, 6.07) is 0. The Hall–Kier alpha value is -1.58. The van der Waals surface area contributed by atoms with Crippen LogP contribution in [-0.2, 0) is 9.59 Å². The summed E-state index contributed by atoms with van der Waals surface area (Å²) in [6.07, 6.45) is 14.3. The molecule has 0 bridgehead atoms. The van der Waals surface area contributed by atoms with Gasteiger partial charge in [0.15, 0.2) is 0 Å². The zero-order valence-electron chi connectivity index (χ0n) is 16.9. The van der Waals surface area contributed by atoms with E-state index >= 15 is 0 Å². The van der Waals surface area contributed by atoms with E-state index in [2.05, 4.69) is 12.2 Å². The second-order valence-corrected chi connectivity index (χ2v) is 8.91. The summed E-state index contributed by atoms with van der Waals surface area (Å²) in [4.78, 5) is 22.3. The number of allylic oxidation sites excluding steroid dienone is 4. The SMILES string of the molecule is CC(C)(CCCCC1=CCCC(CCCCC(C)(C)C(=O)O)=C1)C(=O)O. The van der Waals surface area contributed by atoms with E-state index in [4.69, 9.17) is 10.2 Å². The zero-order valence-corrected chi connectivity index (χ0v) is 16.9. The molecule has 0 aliphatic heterocycles. The second kappa shape index (κ2) is 9.94. The predicted octanol–water partition coefficient (Wildman–Crippen LogP) is 5.98. The Kier molecular flexibility index (Phi) is 8.58. The monoisotopic (exact) mass is 364 g/mol. The number of carboxylic acids is 2. The molecule has 0 radical (unpaired) electrons. The van der Waals surface area contributed by atoms with Crippen molar-refractivity contribution in [2.75, 3.05) is 0 Å². The lowest BCUT2D eigenvalue weighted by atomic mass is 9.85. The van der Waals surface area contributed by atoms with Crippen LogP contribution in [0.5, 0.6) is 0 Å². The minimum absolute atomic E-state index is 0.629.